The Morgan fingerprint density at radius 2 is 1.85 bits per heavy atom. The monoisotopic (exact) mass is 579 g/mol. The van der Waals surface area contributed by atoms with E-state index in [1.807, 2.05) is 0 Å². The number of alkyl halides is 3. The third-order valence-electron chi connectivity index (χ3n) is 6.53. The van der Waals surface area contributed by atoms with E-state index in [4.69, 9.17) is 32.5 Å². The van der Waals surface area contributed by atoms with Crippen molar-refractivity contribution < 1.29 is 32.3 Å². The first-order valence-corrected chi connectivity index (χ1v) is 13.0. The fraction of sp³-hybridized carbons (Fsp3) is 0.333. The summed E-state index contributed by atoms with van der Waals surface area (Å²) in [5.41, 5.74) is 0.742. The van der Waals surface area contributed by atoms with Gasteiger partial charge in [-0.3, -0.25) is 9.97 Å². The minimum atomic E-state index is -4.65. The Morgan fingerprint density at radius 1 is 1.10 bits per heavy atom. The number of nitrogens with zero attached hydrogens (tertiary/aromatic N) is 3. The quantitative estimate of drug-likeness (QED) is 0.192. The summed E-state index contributed by atoms with van der Waals surface area (Å²) in [6, 6.07) is 4.66. The number of hydrogen-bond acceptors (Lipinski definition) is 6. The standard InChI is InChI=1S/C27H22Cl2F3N3O4/c28-20-11-33-12-21(29)22(20)24-18(25(39-35-24)14-4-5-14)13-38-10-2-1-3-15-6-7-16-17(26(36)37)8-9-19(23(16)34-15)27(30,31)32/h6-9,11-12,14H,1-5,10,13H2,(H,36,37). The van der Waals surface area contributed by atoms with Crippen molar-refractivity contribution in [2.75, 3.05) is 6.61 Å². The average Bonchev–Trinajstić information content (AvgIpc) is 3.65. The van der Waals surface area contributed by atoms with Crippen LogP contribution in [0.5, 0.6) is 0 Å². The highest BCUT2D eigenvalue weighted by Crippen LogP contribution is 2.46. The van der Waals surface area contributed by atoms with Gasteiger partial charge in [0.25, 0.3) is 0 Å². The van der Waals surface area contributed by atoms with E-state index in [0.29, 0.717) is 52.9 Å². The van der Waals surface area contributed by atoms with Gasteiger partial charge in [0.05, 0.1) is 33.3 Å². The first-order valence-electron chi connectivity index (χ1n) is 12.2. The topological polar surface area (TPSA) is 98.3 Å². The normalized spacial score (nSPS) is 13.8. The minimum absolute atomic E-state index is 0.0465. The van der Waals surface area contributed by atoms with E-state index in [0.717, 1.165) is 36.3 Å². The molecule has 0 spiro atoms. The SMILES string of the molecule is O=C(O)c1ccc(C(F)(F)F)c2nc(CCCCOCc3c(-c4c(Cl)cncc4Cl)noc3C3CC3)ccc12. The van der Waals surface area contributed by atoms with Crippen molar-refractivity contribution in [1.29, 1.82) is 0 Å². The van der Waals surface area contributed by atoms with Crippen molar-refractivity contribution in [3.8, 4) is 11.3 Å². The molecule has 0 atom stereocenters. The molecule has 0 amide bonds. The van der Waals surface area contributed by atoms with Crippen LogP contribution in [0.3, 0.4) is 0 Å². The van der Waals surface area contributed by atoms with Gasteiger partial charge >= 0.3 is 12.1 Å². The van der Waals surface area contributed by atoms with Crippen LogP contribution in [0.25, 0.3) is 22.2 Å². The summed E-state index contributed by atoms with van der Waals surface area (Å²) in [5.74, 6) is -0.267. The summed E-state index contributed by atoms with van der Waals surface area (Å²) in [4.78, 5) is 19.6. The number of aryl methyl sites for hydroxylation is 1. The largest absolute Gasteiger partial charge is 0.478 e. The first-order chi connectivity index (χ1) is 18.6. The van der Waals surface area contributed by atoms with E-state index in [1.54, 1.807) is 6.07 Å². The van der Waals surface area contributed by atoms with Gasteiger partial charge in [-0.25, -0.2) is 4.79 Å². The van der Waals surface area contributed by atoms with Gasteiger partial charge in [-0.05, 0) is 50.3 Å². The number of carboxylic acid groups (broad SMARTS) is 1. The van der Waals surface area contributed by atoms with Gasteiger partial charge in [0, 0.05) is 47.1 Å². The molecule has 4 aromatic rings. The Kier molecular flexibility index (Phi) is 7.80. The van der Waals surface area contributed by atoms with Gasteiger partial charge in [-0.1, -0.05) is 34.4 Å². The molecular weight excluding hydrogens is 558 g/mol. The Labute approximate surface area is 230 Å². The van der Waals surface area contributed by atoms with Gasteiger partial charge < -0.3 is 14.4 Å². The number of carbonyl (C=O) groups is 1. The second-order valence-electron chi connectivity index (χ2n) is 9.30. The Morgan fingerprint density at radius 3 is 2.51 bits per heavy atom. The molecule has 7 nitrogen and oxygen atoms in total. The molecule has 1 aromatic carbocycles. The lowest BCUT2D eigenvalue weighted by atomic mass is 10.0. The fourth-order valence-electron chi connectivity index (χ4n) is 4.46. The fourth-order valence-corrected chi connectivity index (χ4v) is 5.00. The van der Waals surface area contributed by atoms with E-state index >= 15 is 0 Å². The molecule has 1 aliphatic rings. The smallest absolute Gasteiger partial charge is 0.418 e. The van der Waals surface area contributed by atoms with E-state index in [-0.39, 0.29) is 29.0 Å². The number of hydrogen-bond donors (Lipinski definition) is 1. The molecule has 0 bridgehead atoms. The van der Waals surface area contributed by atoms with Crippen molar-refractivity contribution in [2.24, 2.45) is 0 Å². The highest BCUT2D eigenvalue weighted by atomic mass is 35.5. The maximum atomic E-state index is 13.5. The maximum absolute atomic E-state index is 13.5. The zero-order valence-electron chi connectivity index (χ0n) is 20.4. The molecule has 5 rings (SSSR count). The van der Waals surface area contributed by atoms with Gasteiger partial charge in [0.2, 0.25) is 0 Å². The molecule has 3 aromatic heterocycles. The van der Waals surface area contributed by atoms with Crippen molar-refractivity contribution in [3.63, 3.8) is 0 Å². The number of pyridine rings is 2. The van der Waals surface area contributed by atoms with E-state index in [2.05, 4.69) is 15.1 Å². The molecule has 0 radical (unpaired) electrons. The Bertz CT molecular complexity index is 1520. The molecule has 204 valence electrons. The van der Waals surface area contributed by atoms with E-state index in [1.165, 1.54) is 18.5 Å². The predicted molar refractivity (Wildman–Crippen MR) is 138 cm³/mol. The second-order valence-corrected chi connectivity index (χ2v) is 10.1. The van der Waals surface area contributed by atoms with Crippen LogP contribution in [-0.2, 0) is 23.9 Å². The summed E-state index contributed by atoms with van der Waals surface area (Å²) in [6.45, 7) is 0.623. The number of fused-ring (bicyclic) bond motifs is 1. The van der Waals surface area contributed by atoms with Crippen LogP contribution < -0.4 is 0 Å². The summed E-state index contributed by atoms with van der Waals surface area (Å²) in [7, 11) is 0. The van der Waals surface area contributed by atoms with Crippen molar-refractivity contribution in [1.82, 2.24) is 15.1 Å². The highest BCUT2D eigenvalue weighted by Gasteiger charge is 2.35. The lowest BCUT2D eigenvalue weighted by Crippen LogP contribution is -2.10. The van der Waals surface area contributed by atoms with E-state index < -0.39 is 17.7 Å². The third kappa shape index (κ3) is 5.88. The van der Waals surface area contributed by atoms with E-state index in [9.17, 15) is 23.1 Å². The second kappa shape index (κ2) is 11.1. The summed E-state index contributed by atoms with van der Waals surface area (Å²) in [5, 5.41) is 14.2. The predicted octanol–water partition coefficient (Wildman–Crippen LogP) is 7.73. The first kappa shape index (κ1) is 27.4. The van der Waals surface area contributed by atoms with Crippen molar-refractivity contribution in [3.05, 3.63) is 74.8 Å². The maximum Gasteiger partial charge on any atom is 0.418 e. The van der Waals surface area contributed by atoms with Gasteiger partial charge in [-0.15, -0.1) is 0 Å². The van der Waals surface area contributed by atoms with Crippen molar-refractivity contribution >= 4 is 40.1 Å². The van der Waals surface area contributed by atoms with Gasteiger partial charge in [0.1, 0.15) is 11.5 Å². The number of ether oxygens (including phenoxy) is 1. The molecule has 12 heteroatoms. The zero-order chi connectivity index (χ0) is 27.7. The van der Waals surface area contributed by atoms with Crippen LogP contribution in [0.1, 0.15) is 64.5 Å². The zero-order valence-corrected chi connectivity index (χ0v) is 21.9. The lowest BCUT2D eigenvalue weighted by Gasteiger charge is -2.12. The van der Waals surface area contributed by atoms with Crippen LogP contribution >= 0.6 is 23.2 Å². The molecule has 0 unspecified atom stereocenters. The number of aromatic carboxylic acids is 1. The minimum Gasteiger partial charge on any atom is -0.478 e. The highest BCUT2D eigenvalue weighted by molar-refractivity contribution is 6.38. The number of carboxylic acids is 1. The van der Waals surface area contributed by atoms with Crippen LogP contribution in [0, 0.1) is 0 Å². The Balaban J connectivity index is 1.23. The number of benzene rings is 1. The molecule has 1 saturated carbocycles. The molecule has 39 heavy (non-hydrogen) atoms. The summed E-state index contributed by atoms with van der Waals surface area (Å²) >= 11 is 12.7. The molecule has 1 N–H and O–H groups in total. The molecule has 3 heterocycles. The van der Waals surface area contributed by atoms with Crippen LogP contribution in [0.15, 0.2) is 41.2 Å². The molecule has 1 aliphatic carbocycles. The number of halogens is 5. The van der Waals surface area contributed by atoms with Crippen molar-refractivity contribution in [2.45, 2.75) is 50.8 Å². The van der Waals surface area contributed by atoms with Crippen LogP contribution in [0.4, 0.5) is 13.2 Å². The Hall–Kier alpha value is -3.21. The average molecular weight is 580 g/mol. The van der Waals surface area contributed by atoms with Gasteiger partial charge in [-0.2, -0.15) is 13.2 Å². The molecule has 0 saturated heterocycles. The molecule has 1 fully saturated rings. The number of aromatic nitrogens is 3. The molecule has 0 aliphatic heterocycles. The lowest BCUT2D eigenvalue weighted by molar-refractivity contribution is -0.136. The van der Waals surface area contributed by atoms with Crippen LogP contribution in [-0.4, -0.2) is 32.8 Å². The van der Waals surface area contributed by atoms with Crippen LogP contribution in [0.2, 0.25) is 10.0 Å². The number of unbranched alkanes of at least 4 members (excludes halogenated alkanes) is 1. The summed E-state index contributed by atoms with van der Waals surface area (Å²) < 4.78 is 52.1. The molecular formula is C27H22Cl2F3N3O4. The van der Waals surface area contributed by atoms with Gasteiger partial charge in [0.15, 0.2) is 0 Å². The third-order valence-corrected chi connectivity index (χ3v) is 7.10. The summed E-state index contributed by atoms with van der Waals surface area (Å²) in [6.07, 6.45) is 1.95. The number of rotatable bonds is 10.